The molecule has 1 amide bonds. The van der Waals surface area contributed by atoms with E-state index in [9.17, 15) is 4.79 Å². The van der Waals surface area contributed by atoms with E-state index in [1.165, 1.54) is 0 Å². The number of carbonyl (C=O) groups excluding carboxylic acids is 1. The zero-order valence-corrected chi connectivity index (χ0v) is 8.17. The third kappa shape index (κ3) is 1.14. The molecule has 0 radical (unpaired) electrons. The molecule has 76 valence electrons. The van der Waals surface area contributed by atoms with Gasteiger partial charge in [0.1, 0.15) is 16.9 Å². The lowest BCUT2D eigenvalue weighted by atomic mass is 9.66. The zero-order valence-electron chi connectivity index (χ0n) is 8.17. The minimum atomic E-state index is -0.497. The maximum Gasteiger partial charge on any atom is 0.247 e. The SMILES string of the molecule is Cc1ccc(C2(C(=O)NN)CCC2)o1. The van der Waals surface area contributed by atoms with Crippen molar-refractivity contribution in [3.05, 3.63) is 23.7 Å². The Morgan fingerprint density at radius 2 is 2.29 bits per heavy atom. The van der Waals surface area contributed by atoms with Gasteiger partial charge < -0.3 is 4.42 Å². The molecule has 0 aromatic carbocycles. The maximum atomic E-state index is 11.6. The van der Waals surface area contributed by atoms with E-state index in [4.69, 9.17) is 10.3 Å². The van der Waals surface area contributed by atoms with Gasteiger partial charge in [-0.3, -0.25) is 10.2 Å². The molecule has 1 aromatic rings. The summed E-state index contributed by atoms with van der Waals surface area (Å²) < 4.78 is 5.50. The molecule has 1 aromatic heterocycles. The van der Waals surface area contributed by atoms with Gasteiger partial charge in [0.2, 0.25) is 5.91 Å². The van der Waals surface area contributed by atoms with Crippen LogP contribution in [0.25, 0.3) is 0 Å². The van der Waals surface area contributed by atoms with Crippen molar-refractivity contribution in [3.63, 3.8) is 0 Å². The molecule has 0 spiro atoms. The summed E-state index contributed by atoms with van der Waals surface area (Å²) in [6.45, 7) is 1.87. The molecule has 14 heavy (non-hydrogen) atoms. The van der Waals surface area contributed by atoms with Crippen LogP contribution in [0.2, 0.25) is 0 Å². The Morgan fingerprint density at radius 3 is 2.64 bits per heavy atom. The number of nitrogens with two attached hydrogens (primary N) is 1. The summed E-state index contributed by atoms with van der Waals surface area (Å²) >= 11 is 0. The second kappa shape index (κ2) is 3.13. The van der Waals surface area contributed by atoms with Gasteiger partial charge in [-0.05, 0) is 31.9 Å². The first-order valence-electron chi connectivity index (χ1n) is 4.77. The van der Waals surface area contributed by atoms with Gasteiger partial charge in [0.05, 0.1) is 0 Å². The van der Waals surface area contributed by atoms with E-state index in [0.717, 1.165) is 30.8 Å². The lowest BCUT2D eigenvalue weighted by Gasteiger charge is -2.37. The number of amides is 1. The van der Waals surface area contributed by atoms with Crippen molar-refractivity contribution in [3.8, 4) is 0 Å². The van der Waals surface area contributed by atoms with Crippen LogP contribution >= 0.6 is 0 Å². The molecule has 1 aliphatic carbocycles. The monoisotopic (exact) mass is 194 g/mol. The average Bonchev–Trinajstić information content (AvgIpc) is 2.50. The fourth-order valence-electron chi connectivity index (χ4n) is 1.95. The van der Waals surface area contributed by atoms with Crippen LogP contribution in [0.5, 0.6) is 0 Å². The van der Waals surface area contributed by atoms with Crippen molar-refractivity contribution in [2.45, 2.75) is 31.6 Å². The Labute approximate surface area is 82.4 Å². The lowest BCUT2D eigenvalue weighted by Crippen LogP contribution is -2.51. The predicted molar refractivity (Wildman–Crippen MR) is 51.3 cm³/mol. The van der Waals surface area contributed by atoms with Gasteiger partial charge in [0, 0.05) is 0 Å². The molecule has 0 atom stereocenters. The average molecular weight is 194 g/mol. The first-order chi connectivity index (χ1) is 6.69. The van der Waals surface area contributed by atoms with Crippen molar-refractivity contribution >= 4 is 5.91 Å². The lowest BCUT2D eigenvalue weighted by molar-refractivity contribution is -0.130. The van der Waals surface area contributed by atoms with Gasteiger partial charge in [-0.2, -0.15) is 0 Å². The second-order valence-corrected chi connectivity index (χ2v) is 3.82. The molecule has 1 aliphatic rings. The smallest absolute Gasteiger partial charge is 0.247 e. The van der Waals surface area contributed by atoms with Crippen LogP contribution in [-0.4, -0.2) is 5.91 Å². The van der Waals surface area contributed by atoms with E-state index >= 15 is 0 Å². The number of hydrazine groups is 1. The standard InChI is InChI=1S/C10H14N2O2/c1-7-3-4-8(14-7)10(5-2-6-10)9(13)12-11/h3-4H,2,5-6,11H2,1H3,(H,12,13). The summed E-state index contributed by atoms with van der Waals surface area (Å²) in [5.74, 6) is 6.60. The molecular formula is C10H14N2O2. The molecule has 4 nitrogen and oxygen atoms in total. The Kier molecular flexibility index (Phi) is 2.07. The quantitative estimate of drug-likeness (QED) is 0.419. The second-order valence-electron chi connectivity index (χ2n) is 3.82. The summed E-state index contributed by atoms with van der Waals surface area (Å²) in [5.41, 5.74) is 1.72. The number of hydrogen-bond donors (Lipinski definition) is 2. The van der Waals surface area contributed by atoms with E-state index < -0.39 is 5.41 Å². The first kappa shape index (κ1) is 9.27. The van der Waals surface area contributed by atoms with E-state index in [2.05, 4.69) is 5.43 Å². The molecule has 0 bridgehead atoms. The summed E-state index contributed by atoms with van der Waals surface area (Å²) in [4.78, 5) is 11.6. The number of nitrogens with one attached hydrogen (secondary N) is 1. The number of aryl methyl sites for hydroxylation is 1. The molecule has 2 rings (SSSR count). The molecule has 1 saturated carbocycles. The van der Waals surface area contributed by atoms with E-state index in [1.54, 1.807) is 0 Å². The van der Waals surface area contributed by atoms with E-state index in [0.29, 0.717) is 0 Å². The summed E-state index contributed by atoms with van der Waals surface area (Å²) in [6.07, 6.45) is 2.69. The number of rotatable bonds is 2. The Balaban J connectivity index is 2.33. The Morgan fingerprint density at radius 1 is 1.57 bits per heavy atom. The van der Waals surface area contributed by atoms with Crippen LogP contribution in [0.1, 0.15) is 30.8 Å². The molecular weight excluding hydrogens is 180 g/mol. The molecule has 1 fully saturated rings. The van der Waals surface area contributed by atoms with Gasteiger partial charge in [0.25, 0.3) is 0 Å². The third-order valence-electron chi connectivity index (χ3n) is 2.98. The maximum absolute atomic E-state index is 11.6. The van der Waals surface area contributed by atoms with E-state index in [1.807, 2.05) is 19.1 Å². The van der Waals surface area contributed by atoms with Crippen LogP contribution in [0.3, 0.4) is 0 Å². The van der Waals surface area contributed by atoms with Crippen LogP contribution in [0.4, 0.5) is 0 Å². The van der Waals surface area contributed by atoms with E-state index in [-0.39, 0.29) is 5.91 Å². The molecule has 0 unspecified atom stereocenters. The molecule has 4 heteroatoms. The van der Waals surface area contributed by atoms with Crippen molar-refractivity contribution in [2.75, 3.05) is 0 Å². The summed E-state index contributed by atoms with van der Waals surface area (Å²) in [7, 11) is 0. The summed E-state index contributed by atoms with van der Waals surface area (Å²) in [5, 5.41) is 0. The van der Waals surface area contributed by atoms with Crippen molar-refractivity contribution < 1.29 is 9.21 Å². The molecule has 1 heterocycles. The highest BCUT2D eigenvalue weighted by atomic mass is 16.3. The number of hydrogen-bond acceptors (Lipinski definition) is 3. The molecule has 0 saturated heterocycles. The van der Waals surface area contributed by atoms with Gasteiger partial charge in [0.15, 0.2) is 0 Å². The topological polar surface area (TPSA) is 68.3 Å². The highest BCUT2D eigenvalue weighted by Gasteiger charge is 2.47. The van der Waals surface area contributed by atoms with Crippen molar-refractivity contribution in [1.29, 1.82) is 0 Å². The fourth-order valence-corrected chi connectivity index (χ4v) is 1.95. The van der Waals surface area contributed by atoms with Crippen LogP contribution in [-0.2, 0) is 10.2 Å². The van der Waals surface area contributed by atoms with Gasteiger partial charge in [-0.15, -0.1) is 0 Å². The van der Waals surface area contributed by atoms with Crippen LogP contribution < -0.4 is 11.3 Å². The summed E-state index contributed by atoms with van der Waals surface area (Å²) in [6, 6.07) is 3.74. The van der Waals surface area contributed by atoms with Crippen molar-refractivity contribution in [2.24, 2.45) is 5.84 Å². The zero-order chi connectivity index (χ0) is 10.2. The third-order valence-corrected chi connectivity index (χ3v) is 2.98. The van der Waals surface area contributed by atoms with Crippen molar-refractivity contribution in [1.82, 2.24) is 5.43 Å². The fraction of sp³-hybridized carbons (Fsp3) is 0.500. The van der Waals surface area contributed by atoms with Crippen LogP contribution in [0.15, 0.2) is 16.5 Å². The highest BCUT2D eigenvalue weighted by molar-refractivity contribution is 5.88. The predicted octanol–water partition coefficient (Wildman–Crippen LogP) is 1.000. The largest absolute Gasteiger partial charge is 0.465 e. The van der Waals surface area contributed by atoms with Gasteiger partial charge in [-0.25, -0.2) is 5.84 Å². The van der Waals surface area contributed by atoms with Gasteiger partial charge in [-0.1, -0.05) is 6.42 Å². The minimum absolute atomic E-state index is 0.141. The molecule has 3 N–H and O–H groups in total. The minimum Gasteiger partial charge on any atom is -0.465 e. The molecule has 0 aliphatic heterocycles. The first-order valence-corrected chi connectivity index (χ1v) is 4.77. The Hall–Kier alpha value is -1.29. The number of carbonyl (C=O) groups is 1. The normalized spacial score (nSPS) is 18.7. The van der Waals surface area contributed by atoms with Gasteiger partial charge >= 0.3 is 0 Å². The van der Waals surface area contributed by atoms with Crippen LogP contribution in [0, 0.1) is 6.92 Å². The Bertz CT molecular complexity index is 353. The number of furan rings is 1. The highest BCUT2D eigenvalue weighted by Crippen LogP contribution is 2.44.